The number of fused-ring (bicyclic) bond motifs is 1. The summed E-state index contributed by atoms with van der Waals surface area (Å²) < 4.78 is 43.3. The molecule has 1 aliphatic heterocycles. The predicted octanol–water partition coefficient (Wildman–Crippen LogP) is 2.18. The van der Waals surface area contributed by atoms with Crippen LogP contribution in [0.1, 0.15) is 24.1 Å². The third-order valence-corrected chi connectivity index (χ3v) is 4.22. The maximum atomic E-state index is 12.6. The van der Waals surface area contributed by atoms with Crippen LogP contribution in [0.4, 0.5) is 13.2 Å². The molecule has 120 valence electrons. The fraction of sp³-hybridized carbons (Fsp3) is 0.600. The lowest BCUT2D eigenvalue weighted by atomic mass is 10.1. The van der Waals surface area contributed by atoms with Gasteiger partial charge < -0.3 is 10.1 Å². The van der Waals surface area contributed by atoms with Crippen molar-refractivity contribution in [3.05, 3.63) is 29.6 Å². The smallest absolute Gasteiger partial charge is 0.377 e. The molecular weight excluding hydrogens is 297 g/mol. The third-order valence-electron chi connectivity index (χ3n) is 4.22. The van der Waals surface area contributed by atoms with Crippen molar-refractivity contribution in [1.29, 1.82) is 0 Å². The molecule has 0 unspecified atom stereocenters. The predicted molar refractivity (Wildman–Crippen MR) is 71.9 cm³/mol. The Morgan fingerprint density at radius 3 is 2.95 bits per heavy atom. The highest BCUT2D eigenvalue weighted by Gasteiger charge is 2.56. The minimum Gasteiger partial charge on any atom is -0.377 e. The Balaban J connectivity index is 1.48. The molecule has 0 aromatic carbocycles. The number of halogens is 3. The molecule has 0 spiro atoms. The van der Waals surface area contributed by atoms with Gasteiger partial charge in [0.1, 0.15) is 0 Å². The zero-order valence-electron chi connectivity index (χ0n) is 11.9. The molecule has 1 saturated heterocycles. The summed E-state index contributed by atoms with van der Waals surface area (Å²) in [5.41, 5.74) is -0.398. The molecule has 1 saturated carbocycles. The van der Waals surface area contributed by atoms with Crippen LogP contribution in [0.5, 0.6) is 0 Å². The van der Waals surface area contributed by atoms with Crippen molar-refractivity contribution in [3.8, 4) is 0 Å². The molecule has 2 aliphatic rings. The van der Waals surface area contributed by atoms with E-state index in [-0.39, 0.29) is 30.9 Å². The lowest BCUT2D eigenvalue weighted by Crippen LogP contribution is -2.28. The van der Waals surface area contributed by atoms with Crippen LogP contribution < -0.4 is 5.32 Å². The van der Waals surface area contributed by atoms with Crippen molar-refractivity contribution in [3.63, 3.8) is 0 Å². The van der Waals surface area contributed by atoms with E-state index in [1.807, 2.05) is 0 Å². The Hall–Kier alpha value is -1.63. The molecule has 4 nitrogen and oxygen atoms in total. The van der Waals surface area contributed by atoms with Crippen molar-refractivity contribution < 1.29 is 22.7 Å². The Bertz CT molecular complexity index is 550. The Labute approximate surface area is 126 Å². The fourth-order valence-corrected chi connectivity index (χ4v) is 3.02. The van der Waals surface area contributed by atoms with Crippen molar-refractivity contribution in [2.24, 2.45) is 11.8 Å². The van der Waals surface area contributed by atoms with Crippen LogP contribution in [0.25, 0.3) is 0 Å². The SMILES string of the molecule is O=C(NCCc1cc(C(F)(F)F)ccn1)[C@H]1[C@@H]2CCCO[C@@H]21. The second kappa shape index (κ2) is 5.87. The summed E-state index contributed by atoms with van der Waals surface area (Å²) >= 11 is 0. The molecule has 2 fully saturated rings. The topological polar surface area (TPSA) is 51.2 Å². The maximum Gasteiger partial charge on any atom is 0.416 e. The van der Waals surface area contributed by atoms with E-state index in [4.69, 9.17) is 4.74 Å². The largest absolute Gasteiger partial charge is 0.416 e. The van der Waals surface area contributed by atoms with Gasteiger partial charge in [0.15, 0.2) is 0 Å². The molecule has 1 aromatic rings. The van der Waals surface area contributed by atoms with Crippen LogP contribution >= 0.6 is 0 Å². The second-order valence-electron chi connectivity index (χ2n) is 5.74. The van der Waals surface area contributed by atoms with Gasteiger partial charge in [0.25, 0.3) is 0 Å². The van der Waals surface area contributed by atoms with E-state index in [0.717, 1.165) is 31.2 Å². The van der Waals surface area contributed by atoms with Gasteiger partial charge in [0, 0.05) is 37.4 Å². The lowest BCUT2D eigenvalue weighted by molar-refractivity contribution is -0.137. The number of hydrogen-bond donors (Lipinski definition) is 1. The normalized spacial score (nSPS) is 27.1. The first-order valence-electron chi connectivity index (χ1n) is 7.38. The monoisotopic (exact) mass is 314 g/mol. The fourth-order valence-electron chi connectivity index (χ4n) is 3.02. The summed E-state index contributed by atoms with van der Waals surface area (Å²) in [6.07, 6.45) is -0.915. The van der Waals surface area contributed by atoms with Crippen molar-refractivity contribution in [1.82, 2.24) is 10.3 Å². The summed E-state index contributed by atoms with van der Waals surface area (Å²) in [7, 11) is 0. The summed E-state index contributed by atoms with van der Waals surface area (Å²) in [6, 6.07) is 1.96. The minimum absolute atomic E-state index is 0.0421. The standard InChI is InChI=1S/C15H17F3N2O2/c16-15(17,18)9-3-5-19-10(8-9)4-6-20-14(21)12-11-2-1-7-22-13(11)12/h3,5,8,11-13H,1-2,4,6-7H2,(H,20,21)/t11-,12-,13-/m0/s1. The lowest BCUT2D eigenvalue weighted by Gasteiger charge is -2.08. The number of rotatable bonds is 4. The maximum absolute atomic E-state index is 12.6. The van der Waals surface area contributed by atoms with E-state index in [1.54, 1.807) is 0 Å². The summed E-state index contributed by atoms with van der Waals surface area (Å²) in [5.74, 6) is 0.168. The molecule has 2 heterocycles. The van der Waals surface area contributed by atoms with Crippen LogP contribution in [0.2, 0.25) is 0 Å². The van der Waals surface area contributed by atoms with Crippen LogP contribution in [0.3, 0.4) is 0 Å². The number of hydrogen-bond acceptors (Lipinski definition) is 3. The molecule has 1 aromatic heterocycles. The van der Waals surface area contributed by atoms with Gasteiger partial charge in [0.05, 0.1) is 17.6 Å². The van der Waals surface area contributed by atoms with E-state index in [0.29, 0.717) is 18.2 Å². The van der Waals surface area contributed by atoms with Gasteiger partial charge in [0.2, 0.25) is 5.91 Å². The van der Waals surface area contributed by atoms with Crippen molar-refractivity contribution in [2.75, 3.05) is 13.2 Å². The molecule has 1 amide bonds. The number of ether oxygens (including phenoxy) is 1. The number of nitrogens with zero attached hydrogens (tertiary/aromatic N) is 1. The third kappa shape index (κ3) is 3.24. The molecule has 7 heteroatoms. The highest BCUT2D eigenvalue weighted by Crippen LogP contribution is 2.47. The summed E-state index contributed by atoms with van der Waals surface area (Å²) in [6.45, 7) is 0.988. The molecule has 22 heavy (non-hydrogen) atoms. The van der Waals surface area contributed by atoms with Gasteiger partial charge in [-0.1, -0.05) is 0 Å². The summed E-state index contributed by atoms with van der Waals surface area (Å²) in [5, 5.41) is 2.77. The number of amides is 1. The van der Waals surface area contributed by atoms with E-state index in [9.17, 15) is 18.0 Å². The zero-order valence-corrected chi connectivity index (χ0v) is 11.9. The van der Waals surface area contributed by atoms with Crippen LogP contribution in [-0.4, -0.2) is 30.1 Å². The first-order chi connectivity index (χ1) is 10.5. The number of pyridine rings is 1. The number of carbonyl (C=O) groups is 1. The summed E-state index contributed by atoms with van der Waals surface area (Å²) in [4.78, 5) is 15.9. The average molecular weight is 314 g/mol. The van der Waals surface area contributed by atoms with Crippen LogP contribution in [-0.2, 0) is 22.1 Å². The van der Waals surface area contributed by atoms with E-state index >= 15 is 0 Å². The zero-order chi connectivity index (χ0) is 15.7. The van der Waals surface area contributed by atoms with Crippen LogP contribution in [0, 0.1) is 11.8 Å². The molecule has 1 N–H and O–H groups in total. The van der Waals surface area contributed by atoms with Gasteiger partial charge in [-0.2, -0.15) is 13.2 Å². The van der Waals surface area contributed by atoms with E-state index in [1.165, 1.54) is 0 Å². The highest BCUT2D eigenvalue weighted by atomic mass is 19.4. The van der Waals surface area contributed by atoms with E-state index < -0.39 is 11.7 Å². The molecule has 0 bridgehead atoms. The van der Waals surface area contributed by atoms with Gasteiger partial charge in [-0.05, 0) is 25.0 Å². The molecular formula is C15H17F3N2O2. The van der Waals surface area contributed by atoms with Gasteiger partial charge in [-0.3, -0.25) is 9.78 Å². The highest BCUT2D eigenvalue weighted by molar-refractivity contribution is 5.82. The first kappa shape index (κ1) is 15.3. The van der Waals surface area contributed by atoms with E-state index in [2.05, 4.69) is 10.3 Å². The quantitative estimate of drug-likeness (QED) is 0.927. The molecule has 0 radical (unpaired) electrons. The Morgan fingerprint density at radius 1 is 1.45 bits per heavy atom. The van der Waals surface area contributed by atoms with Gasteiger partial charge >= 0.3 is 6.18 Å². The van der Waals surface area contributed by atoms with Gasteiger partial charge in [-0.15, -0.1) is 0 Å². The van der Waals surface area contributed by atoms with Crippen LogP contribution in [0.15, 0.2) is 18.3 Å². The second-order valence-corrected chi connectivity index (χ2v) is 5.74. The average Bonchev–Trinajstić information content (AvgIpc) is 3.21. The molecule has 1 aliphatic carbocycles. The van der Waals surface area contributed by atoms with Crippen molar-refractivity contribution in [2.45, 2.75) is 31.5 Å². The number of nitrogens with one attached hydrogen (secondary N) is 1. The minimum atomic E-state index is -4.37. The van der Waals surface area contributed by atoms with Gasteiger partial charge in [-0.25, -0.2) is 0 Å². The number of alkyl halides is 3. The number of aromatic nitrogens is 1. The number of carbonyl (C=O) groups excluding carboxylic acids is 1. The first-order valence-corrected chi connectivity index (χ1v) is 7.38. The Morgan fingerprint density at radius 2 is 2.27 bits per heavy atom. The molecule has 3 rings (SSSR count). The Kier molecular flexibility index (Phi) is 4.08. The van der Waals surface area contributed by atoms with Crippen molar-refractivity contribution >= 4 is 5.91 Å². The molecule has 3 atom stereocenters.